The molecule has 0 atom stereocenters. The summed E-state index contributed by atoms with van der Waals surface area (Å²) in [6.45, 7) is -0.519. The van der Waals surface area contributed by atoms with Crippen LogP contribution < -0.4 is 5.32 Å². The fourth-order valence-electron chi connectivity index (χ4n) is 2.26. The Morgan fingerprint density at radius 2 is 1.88 bits per heavy atom. The molecule has 0 saturated carbocycles. The molecule has 0 bridgehead atoms. The molecule has 25 heavy (non-hydrogen) atoms. The molecular weight excluding hydrogens is 344 g/mol. The molecule has 6 nitrogen and oxygen atoms in total. The van der Waals surface area contributed by atoms with Crippen LogP contribution in [0.3, 0.4) is 0 Å². The highest BCUT2D eigenvalue weighted by molar-refractivity contribution is 6.33. The van der Waals surface area contributed by atoms with E-state index in [1.165, 1.54) is 6.07 Å². The summed E-state index contributed by atoms with van der Waals surface area (Å²) in [6.07, 6.45) is 0. The van der Waals surface area contributed by atoms with Crippen molar-refractivity contribution < 1.29 is 18.7 Å². The highest BCUT2D eigenvalue weighted by Crippen LogP contribution is 2.30. The normalized spacial score (nSPS) is 10.2. The molecule has 2 aromatic carbocycles. The largest absolute Gasteiger partial charge is 0.452 e. The summed E-state index contributed by atoms with van der Waals surface area (Å²) >= 11 is 5.90. The highest BCUT2D eigenvalue weighted by atomic mass is 35.5. The van der Waals surface area contributed by atoms with Crippen molar-refractivity contribution in [3.63, 3.8) is 0 Å². The number of halogens is 1. The average molecular weight is 355 g/mol. The summed E-state index contributed by atoms with van der Waals surface area (Å²) in [4.78, 5) is 24.0. The molecule has 0 spiro atoms. The lowest BCUT2D eigenvalue weighted by atomic mass is 10.2. The van der Waals surface area contributed by atoms with Gasteiger partial charge in [0.2, 0.25) is 5.76 Å². The molecule has 0 aliphatic heterocycles. The molecular formula is C18H11ClN2O4. The summed E-state index contributed by atoms with van der Waals surface area (Å²) in [5.41, 5.74) is 0.891. The van der Waals surface area contributed by atoms with E-state index in [9.17, 15) is 9.59 Å². The van der Waals surface area contributed by atoms with Gasteiger partial charge in [0.15, 0.2) is 6.61 Å². The van der Waals surface area contributed by atoms with Gasteiger partial charge in [-0.3, -0.25) is 4.79 Å². The first-order valence-electron chi connectivity index (χ1n) is 7.23. The number of para-hydroxylation sites is 1. The van der Waals surface area contributed by atoms with Gasteiger partial charge in [-0.15, -0.1) is 0 Å². The Kier molecular flexibility index (Phi) is 4.68. The van der Waals surface area contributed by atoms with Gasteiger partial charge >= 0.3 is 5.97 Å². The molecule has 124 valence electrons. The van der Waals surface area contributed by atoms with Crippen LogP contribution in [0.5, 0.6) is 0 Å². The van der Waals surface area contributed by atoms with E-state index in [2.05, 4.69) is 5.32 Å². The number of anilines is 1. The summed E-state index contributed by atoms with van der Waals surface area (Å²) in [5.74, 6) is -1.33. The third kappa shape index (κ3) is 3.47. The third-order valence-electron chi connectivity index (χ3n) is 3.39. The number of furan rings is 1. The molecule has 0 saturated heterocycles. The van der Waals surface area contributed by atoms with Crippen molar-refractivity contribution in [2.75, 3.05) is 11.9 Å². The Bertz CT molecular complexity index is 1000. The van der Waals surface area contributed by atoms with E-state index in [0.29, 0.717) is 11.0 Å². The second kappa shape index (κ2) is 7.07. The van der Waals surface area contributed by atoms with E-state index >= 15 is 0 Å². The van der Waals surface area contributed by atoms with Crippen molar-refractivity contribution in [3.05, 3.63) is 64.9 Å². The third-order valence-corrected chi connectivity index (χ3v) is 3.72. The quantitative estimate of drug-likeness (QED) is 0.720. The minimum atomic E-state index is -0.710. The van der Waals surface area contributed by atoms with Gasteiger partial charge < -0.3 is 14.5 Å². The van der Waals surface area contributed by atoms with Crippen LogP contribution >= 0.6 is 11.6 Å². The maximum absolute atomic E-state index is 12.1. The van der Waals surface area contributed by atoms with Gasteiger partial charge in [0, 0.05) is 5.39 Å². The van der Waals surface area contributed by atoms with Crippen molar-refractivity contribution in [2.45, 2.75) is 0 Å². The summed E-state index contributed by atoms with van der Waals surface area (Å²) in [7, 11) is 0. The Morgan fingerprint density at radius 1 is 1.16 bits per heavy atom. The standard InChI is InChI=1S/C18H11ClN2O4/c19-13-7-3-1-5-11(13)18(23)24-10-16(22)21-17-12-6-2-4-8-14(12)25-15(17)9-20/h1-8H,10H2,(H,21,22). The second-order valence-corrected chi connectivity index (χ2v) is 5.43. The molecule has 7 heteroatoms. The maximum atomic E-state index is 12.1. The van der Waals surface area contributed by atoms with Crippen LogP contribution in [0.2, 0.25) is 5.02 Å². The summed E-state index contributed by atoms with van der Waals surface area (Å²) in [5, 5.41) is 12.5. The lowest BCUT2D eigenvalue weighted by Crippen LogP contribution is -2.21. The molecule has 0 unspecified atom stereocenters. The van der Waals surface area contributed by atoms with Crippen LogP contribution in [0.25, 0.3) is 11.0 Å². The van der Waals surface area contributed by atoms with Crippen LogP contribution in [0.1, 0.15) is 16.1 Å². The Labute approximate surface area is 147 Å². The molecule has 1 amide bonds. The van der Waals surface area contributed by atoms with Crippen LogP contribution in [-0.2, 0) is 9.53 Å². The molecule has 0 radical (unpaired) electrons. The number of esters is 1. The number of carbonyl (C=O) groups excluding carboxylic acids is 2. The number of hydrogen-bond donors (Lipinski definition) is 1. The number of carbonyl (C=O) groups is 2. The number of nitrogens with one attached hydrogen (secondary N) is 1. The summed E-state index contributed by atoms with van der Waals surface area (Å²) < 4.78 is 10.3. The predicted molar refractivity (Wildman–Crippen MR) is 91.3 cm³/mol. The molecule has 1 N–H and O–H groups in total. The van der Waals surface area contributed by atoms with Gasteiger partial charge in [-0.05, 0) is 24.3 Å². The van der Waals surface area contributed by atoms with Crippen LogP contribution in [0.4, 0.5) is 5.69 Å². The zero-order valence-corrected chi connectivity index (χ0v) is 13.5. The lowest BCUT2D eigenvalue weighted by molar-refractivity contribution is -0.119. The van der Waals surface area contributed by atoms with Gasteiger partial charge in [0.25, 0.3) is 5.91 Å². The van der Waals surface area contributed by atoms with Crippen molar-refractivity contribution >= 4 is 40.1 Å². The van der Waals surface area contributed by atoms with E-state index in [0.717, 1.165) is 0 Å². The van der Waals surface area contributed by atoms with Gasteiger partial charge in [-0.2, -0.15) is 5.26 Å². The predicted octanol–water partition coefficient (Wildman–Crippen LogP) is 3.75. The fourth-order valence-corrected chi connectivity index (χ4v) is 2.47. The smallest absolute Gasteiger partial charge is 0.340 e. The topological polar surface area (TPSA) is 92.3 Å². The number of hydrogen-bond acceptors (Lipinski definition) is 5. The minimum absolute atomic E-state index is 0.0213. The minimum Gasteiger partial charge on any atom is -0.452 e. The van der Waals surface area contributed by atoms with E-state index in [1.807, 2.05) is 6.07 Å². The Balaban J connectivity index is 1.71. The number of rotatable bonds is 4. The van der Waals surface area contributed by atoms with Crippen LogP contribution in [0, 0.1) is 11.3 Å². The van der Waals surface area contributed by atoms with E-state index in [-0.39, 0.29) is 22.0 Å². The van der Waals surface area contributed by atoms with Crippen molar-refractivity contribution in [1.82, 2.24) is 0 Å². The highest BCUT2D eigenvalue weighted by Gasteiger charge is 2.18. The van der Waals surface area contributed by atoms with E-state index in [4.69, 9.17) is 26.0 Å². The Hall–Kier alpha value is -3.30. The molecule has 0 fully saturated rings. The van der Waals surface area contributed by atoms with Crippen LogP contribution in [-0.4, -0.2) is 18.5 Å². The van der Waals surface area contributed by atoms with Gasteiger partial charge in [-0.1, -0.05) is 35.9 Å². The van der Waals surface area contributed by atoms with Gasteiger partial charge in [0.1, 0.15) is 17.3 Å². The molecule has 1 aromatic heterocycles. The monoisotopic (exact) mass is 354 g/mol. The number of benzene rings is 2. The first-order valence-corrected chi connectivity index (χ1v) is 7.61. The molecule has 3 rings (SSSR count). The maximum Gasteiger partial charge on any atom is 0.340 e. The zero-order valence-electron chi connectivity index (χ0n) is 12.8. The summed E-state index contributed by atoms with van der Waals surface area (Å²) in [6, 6.07) is 15.2. The lowest BCUT2D eigenvalue weighted by Gasteiger charge is -2.07. The number of nitriles is 1. The second-order valence-electron chi connectivity index (χ2n) is 5.02. The number of nitrogens with zero attached hydrogens (tertiary/aromatic N) is 1. The van der Waals surface area contributed by atoms with E-state index < -0.39 is 18.5 Å². The van der Waals surface area contributed by atoms with Gasteiger partial charge in [0.05, 0.1) is 10.6 Å². The zero-order chi connectivity index (χ0) is 17.8. The van der Waals surface area contributed by atoms with Crippen molar-refractivity contribution in [3.8, 4) is 6.07 Å². The van der Waals surface area contributed by atoms with Crippen molar-refractivity contribution in [2.24, 2.45) is 0 Å². The number of amides is 1. The first-order chi connectivity index (χ1) is 12.1. The van der Waals surface area contributed by atoms with Gasteiger partial charge in [-0.25, -0.2) is 4.79 Å². The molecule has 1 heterocycles. The van der Waals surface area contributed by atoms with E-state index in [1.54, 1.807) is 42.5 Å². The Morgan fingerprint density at radius 3 is 2.64 bits per heavy atom. The number of fused-ring (bicyclic) bond motifs is 1. The SMILES string of the molecule is N#Cc1oc2ccccc2c1NC(=O)COC(=O)c1ccccc1Cl. The average Bonchev–Trinajstić information content (AvgIpc) is 2.98. The number of ether oxygens (including phenoxy) is 1. The first kappa shape index (κ1) is 16.6. The molecule has 0 aliphatic rings. The fraction of sp³-hybridized carbons (Fsp3) is 0.0556. The molecule has 3 aromatic rings. The molecule has 0 aliphatic carbocycles. The van der Waals surface area contributed by atoms with Crippen LogP contribution in [0.15, 0.2) is 52.9 Å². The van der Waals surface area contributed by atoms with Crippen molar-refractivity contribution in [1.29, 1.82) is 5.26 Å².